The van der Waals surface area contributed by atoms with E-state index in [-0.39, 0.29) is 24.4 Å². The van der Waals surface area contributed by atoms with Gasteiger partial charge in [0.15, 0.2) is 0 Å². The number of halogens is 3. The van der Waals surface area contributed by atoms with Crippen molar-refractivity contribution in [1.82, 2.24) is 5.32 Å². The fourth-order valence-electron chi connectivity index (χ4n) is 2.46. The van der Waals surface area contributed by atoms with Gasteiger partial charge in [-0.3, -0.25) is 0 Å². The van der Waals surface area contributed by atoms with Crippen LogP contribution in [0.25, 0.3) is 0 Å². The molecule has 1 heterocycles. The van der Waals surface area contributed by atoms with Crippen molar-refractivity contribution in [3.05, 3.63) is 23.7 Å². The van der Waals surface area contributed by atoms with Gasteiger partial charge in [0, 0.05) is 6.04 Å². The molecule has 0 aromatic carbocycles. The van der Waals surface area contributed by atoms with Crippen LogP contribution < -0.4 is 5.32 Å². The first kappa shape index (κ1) is 14.9. The molecular formula is C13H16F3NO3. The van der Waals surface area contributed by atoms with Crippen LogP contribution in [0.3, 0.4) is 0 Å². The average Bonchev–Trinajstić information content (AvgIpc) is 2.85. The predicted molar refractivity (Wildman–Crippen MR) is 64.3 cm³/mol. The van der Waals surface area contributed by atoms with E-state index in [1.807, 2.05) is 0 Å². The average molecular weight is 291 g/mol. The number of alkyl halides is 3. The van der Waals surface area contributed by atoms with E-state index in [4.69, 9.17) is 9.52 Å². The zero-order valence-electron chi connectivity index (χ0n) is 10.7. The molecule has 112 valence electrons. The number of carbonyl (C=O) groups is 1. The van der Waals surface area contributed by atoms with Crippen molar-refractivity contribution in [3.63, 3.8) is 0 Å². The van der Waals surface area contributed by atoms with Crippen LogP contribution in [0.5, 0.6) is 0 Å². The van der Waals surface area contributed by atoms with Gasteiger partial charge in [0.25, 0.3) is 0 Å². The highest BCUT2D eigenvalue weighted by atomic mass is 19.4. The Balaban J connectivity index is 1.77. The fraction of sp³-hybridized carbons (Fsp3) is 0.615. The lowest BCUT2D eigenvalue weighted by molar-refractivity contribution is -0.182. The van der Waals surface area contributed by atoms with Crippen LogP contribution in [0.15, 0.2) is 16.7 Å². The molecule has 0 amide bonds. The summed E-state index contributed by atoms with van der Waals surface area (Å²) < 4.78 is 42.6. The van der Waals surface area contributed by atoms with E-state index in [1.54, 1.807) is 0 Å². The standard InChI is InChI=1S/C13H16F3NO3/c14-13(15,16)9-1-3-10(4-2-9)17-6-11-5-8(7-20-11)12(18)19/h5,7,9-10,17H,1-4,6H2,(H,18,19). The second-order valence-electron chi connectivity index (χ2n) is 5.08. The number of carboxylic acids is 1. The van der Waals surface area contributed by atoms with Gasteiger partial charge in [-0.1, -0.05) is 0 Å². The van der Waals surface area contributed by atoms with Crippen LogP contribution in [0, 0.1) is 5.92 Å². The Bertz CT molecular complexity index is 462. The summed E-state index contributed by atoms with van der Waals surface area (Å²) in [6.07, 6.45) is -1.73. The van der Waals surface area contributed by atoms with Crippen molar-refractivity contribution in [3.8, 4) is 0 Å². The van der Waals surface area contributed by atoms with Crippen molar-refractivity contribution in [1.29, 1.82) is 0 Å². The molecule has 2 rings (SSSR count). The smallest absolute Gasteiger partial charge is 0.391 e. The molecule has 1 aliphatic rings. The highest BCUT2D eigenvalue weighted by Gasteiger charge is 2.41. The van der Waals surface area contributed by atoms with E-state index in [9.17, 15) is 18.0 Å². The first-order chi connectivity index (χ1) is 9.36. The van der Waals surface area contributed by atoms with Gasteiger partial charge in [-0.25, -0.2) is 4.79 Å². The summed E-state index contributed by atoms with van der Waals surface area (Å²) in [5.41, 5.74) is 0.0718. The molecule has 1 fully saturated rings. The molecular weight excluding hydrogens is 275 g/mol. The molecule has 0 unspecified atom stereocenters. The van der Waals surface area contributed by atoms with Crippen LogP contribution in [0.1, 0.15) is 41.8 Å². The SMILES string of the molecule is O=C(O)c1coc(CNC2CCC(C(F)(F)F)CC2)c1. The second kappa shape index (κ2) is 5.87. The van der Waals surface area contributed by atoms with E-state index in [0.29, 0.717) is 25.1 Å². The third kappa shape index (κ3) is 3.75. The van der Waals surface area contributed by atoms with E-state index >= 15 is 0 Å². The predicted octanol–water partition coefficient (Wildman–Crippen LogP) is 3.19. The van der Waals surface area contributed by atoms with E-state index in [2.05, 4.69) is 5.32 Å². The number of hydrogen-bond acceptors (Lipinski definition) is 3. The van der Waals surface area contributed by atoms with Crippen molar-refractivity contribution in [2.75, 3.05) is 0 Å². The Morgan fingerprint density at radius 2 is 2.00 bits per heavy atom. The van der Waals surface area contributed by atoms with E-state index in [1.165, 1.54) is 6.07 Å². The summed E-state index contributed by atoms with van der Waals surface area (Å²) in [7, 11) is 0. The Hall–Kier alpha value is -1.50. The quantitative estimate of drug-likeness (QED) is 0.894. The summed E-state index contributed by atoms with van der Waals surface area (Å²) in [5.74, 6) is -1.78. The first-order valence-electron chi connectivity index (χ1n) is 6.47. The maximum absolute atomic E-state index is 12.5. The number of hydrogen-bond donors (Lipinski definition) is 2. The number of carboxylic acid groups (broad SMARTS) is 1. The monoisotopic (exact) mass is 291 g/mol. The topological polar surface area (TPSA) is 62.5 Å². The molecule has 0 aliphatic heterocycles. The van der Waals surface area contributed by atoms with Crippen LogP contribution in [0.2, 0.25) is 0 Å². The normalized spacial score (nSPS) is 23.8. The third-order valence-corrected chi connectivity index (χ3v) is 3.66. The van der Waals surface area contributed by atoms with Crippen molar-refractivity contribution in [2.45, 2.75) is 44.4 Å². The van der Waals surface area contributed by atoms with Crippen LogP contribution in [0.4, 0.5) is 13.2 Å². The minimum absolute atomic E-state index is 0.0204. The lowest BCUT2D eigenvalue weighted by atomic mass is 9.85. The fourth-order valence-corrected chi connectivity index (χ4v) is 2.46. The minimum atomic E-state index is -4.09. The van der Waals surface area contributed by atoms with Crippen molar-refractivity contribution >= 4 is 5.97 Å². The maximum Gasteiger partial charge on any atom is 0.391 e. The highest BCUT2D eigenvalue weighted by molar-refractivity contribution is 5.87. The molecule has 0 radical (unpaired) electrons. The molecule has 7 heteroatoms. The lowest BCUT2D eigenvalue weighted by Crippen LogP contribution is -2.36. The minimum Gasteiger partial charge on any atom is -0.478 e. The first-order valence-corrected chi connectivity index (χ1v) is 6.47. The van der Waals surface area contributed by atoms with Crippen LogP contribution in [-0.2, 0) is 6.54 Å². The molecule has 1 aromatic heterocycles. The summed E-state index contributed by atoms with van der Waals surface area (Å²) in [4.78, 5) is 10.7. The van der Waals surface area contributed by atoms with Gasteiger partial charge in [0.2, 0.25) is 0 Å². The van der Waals surface area contributed by atoms with Crippen molar-refractivity contribution in [2.24, 2.45) is 5.92 Å². The number of aromatic carboxylic acids is 1. The van der Waals surface area contributed by atoms with Crippen LogP contribution >= 0.6 is 0 Å². The molecule has 1 aromatic rings. The summed E-state index contributed by atoms with van der Waals surface area (Å²) in [5, 5.41) is 11.8. The van der Waals surface area contributed by atoms with Gasteiger partial charge in [0.1, 0.15) is 12.0 Å². The Morgan fingerprint density at radius 3 is 2.50 bits per heavy atom. The summed E-state index contributed by atoms with van der Waals surface area (Å²) in [6.45, 7) is 0.328. The number of nitrogens with one attached hydrogen (secondary N) is 1. The third-order valence-electron chi connectivity index (χ3n) is 3.66. The van der Waals surface area contributed by atoms with Gasteiger partial charge < -0.3 is 14.8 Å². The van der Waals surface area contributed by atoms with Gasteiger partial charge in [0.05, 0.1) is 18.0 Å². The highest BCUT2D eigenvalue weighted by Crippen LogP contribution is 2.37. The molecule has 0 bridgehead atoms. The lowest BCUT2D eigenvalue weighted by Gasteiger charge is -2.30. The van der Waals surface area contributed by atoms with Crippen LogP contribution in [-0.4, -0.2) is 23.3 Å². The van der Waals surface area contributed by atoms with E-state index < -0.39 is 18.1 Å². The van der Waals surface area contributed by atoms with E-state index in [0.717, 1.165) is 6.26 Å². The summed E-state index contributed by atoms with van der Waals surface area (Å²) >= 11 is 0. The number of rotatable bonds is 4. The van der Waals surface area contributed by atoms with Gasteiger partial charge in [-0.05, 0) is 31.7 Å². The molecule has 20 heavy (non-hydrogen) atoms. The molecule has 0 spiro atoms. The van der Waals surface area contributed by atoms with Gasteiger partial charge >= 0.3 is 12.1 Å². The van der Waals surface area contributed by atoms with Crippen molar-refractivity contribution < 1.29 is 27.5 Å². The maximum atomic E-state index is 12.5. The Kier molecular flexibility index (Phi) is 4.37. The Morgan fingerprint density at radius 1 is 1.35 bits per heavy atom. The second-order valence-corrected chi connectivity index (χ2v) is 5.08. The van der Waals surface area contributed by atoms with Gasteiger partial charge in [-0.15, -0.1) is 0 Å². The summed E-state index contributed by atoms with van der Waals surface area (Å²) in [6, 6.07) is 1.43. The zero-order valence-corrected chi connectivity index (χ0v) is 10.7. The molecule has 2 N–H and O–H groups in total. The molecule has 1 saturated carbocycles. The molecule has 4 nitrogen and oxygen atoms in total. The molecule has 1 aliphatic carbocycles. The Labute approximate surface area is 114 Å². The zero-order chi connectivity index (χ0) is 14.8. The molecule has 0 saturated heterocycles. The largest absolute Gasteiger partial charge is 0.478 e. The molecule has 0 atom stereocenters. The number of furan rings is 1. The van der Waals surface area contributed by atoms with Gasteiger partial charge in [-0.2, -0.15) is 13.2 Å².